The minimum absolute atomic E-state index is 0.0325. The standard InChI is InChI=1S/C20H16ClFN2O2/c21-17-2-1-3-18(22)15(17)10-16-19(25)5-4-14(20(16)26)12-24-11-13-6-8-23-9-7-13/h1-9,12,25-26H,10-11H2/b24-12+. The highest BCUT2D eigenvalue weighted by Gasteiger charge is 2.16. The molecule has 2 aromatic carbocycles. The van der Waals surface area contributed by atoms with Gasteiger partial charge in [-0.05, 0) is 42.0 Å². The largest absolute Gasteiger partial charge is 0.508 e. The van der Waals surface area contributed by atoms with Crippen molar-refractivity contribution in [1.29, 1.82) is 0 Å². The van der Waals surface area contributed by atoms with Crippen molar-refractivity contribution >= 4 is 17.8 Å². The molecule has 0 bridgehead atoms. The second-order valence-electron chi connectivity index (χ2n) is 5.70. The van der Waals surface area contributed by atoms with Crippen molar-refractivity contribution in [3.63, 3.8) is 0 Å². The minimum atomic E-state index is -0.493. The first-order valence-corrected chi connectivity index (χ1v) is 8.29. The zero-order valence-electron chi connectivity index (χ0n) is 13.7. The molecule has 1 aromatic heterocycles. The summed E-state index contributed by atoms with van der Waals surface area (Å²) >= 11 is 6.04. The quantitative estimate of drug-likeness (QED) is 0.650. The topological polar surface area (TPSA) is 65.7 Å². The van der Waals surface area contributed by atoms with E-state index in [1.165, 1.54) is 24.4 Å². The molecule has 0 spiro atoms. The summed E-state index contributed by atoms with van der Waals surface area (Å²) in [4.78, 5) is 8.23. The number of nitrogens with zero attached hydrogens (tertiary/aromatic N) is 2. The lowest BCUT2D eigenvalue weighted by Crippen LogP contribution is -1.97. The third-order valence-electron chi connectivity index (χ3n) is 3.96. The van der Waals surface area contributed by atoms with Crippen LogP contribution in [-0.2, 0) is 13.0 Å². The Kier molecular flexibility index (Phi) is 5.49. The van der Waals surface area contributed by atoms with Crippen LogP contribution in [0.2, 0.25) is 5.02 Å². The molecule has 0 saturated carbocycles. The van der Waals surface area contributed by atoms with E-state index < -0.39 is 5.82 Å². The van der Waals surface area contributed by atoms with Gasteiger partial charge in [-0.1, -0.05) is 17.7 Å². The molecule has 0 atom stereocenters. The lowest BCUT2D eigenvalue weighted by atomic mass is 10.00. The van der Waals surface area contributed by atoms with Gasteiger partial charge in [-0.3, -0.25) is 9.98 Å². The Morgan fingerprint density at radius 3 is 2.54 bits per heavy atom. The number of phenolic OH excluding ortho intramolecular Hbond substituents is 2. The van der Waals surface area contributed by atoms with E-state index in [-0.39, 0.29) is 34.1 Å². The molecule has 3 aromatic rings. The predicted octanol–water partition coefficient (Wildman–Crippen LogP) is 4.50. The van der Waals surface area contributed by atoms with E-state index in [0.29, 0.717) is 12.1 Å². The van der Waals surface area contributed by atoms with Crippen molar-refractivity contribution in [3.8, 4) is 11.5 Å². The summed E-state index contributed by atoms with van der Waals surface area (Å²) in [5, 5.41) is 20.8. The molecule has 0 unspecified atom stereocenters. The maximum atomic E-state index is 14.0. The normalized spacial score (nSPS) is 11.2. The number of hydrogen-bond donors (Lipinski definition) is 2. The second kappa shape index (κ2) is 7.97. The van der Waals surface area contributed by atoms with Crippen molar-refractivity contribution in [2.24, 2.45) is 4.99 Å². The molecule has 0 aliphatic rings. The molecule has 132 valence electrons. The maximum absolute atomic E-state index is 14.0. The van der Waals surface area contributed by atoms with Crippen molar-refractivity contribution < 1.29 is 14.6 Å². The Morgan fingerprint density at radius 2 is 1.81 bits per heavy atom. The number of phenols is 2. The molecule has 4 nitrogen and oxygen atoms in total. The fraction of sp³-hybridized carbons (Fsp3) is 0.100. The number of benzene rings is 2. The Hall–Kier alpha value is -2.92. The highest BCUT2D eigenvalue weighted by Crippen LogP contribution is 2.34. The summed E-state index contributed by atoms with van der Waals surface area (Å²) in [5.74, 6) is -0.774. The highest BCUT2D eigenvalue weighted by molar-refractivity contribution is 6.31. The summed E-state index contributed by atoms with van der Waals surface area (Å²) in [6.07, 6.45) is 4.84. The van der Waals surface area contributed by atoms with Gasteiger partial charge in [-0.25, -0.2) is 4.39 Å². The molecule has 0 saturated heterocycles. The maximum Gasteiger partial charge on any atom is 0.131 e. The van der Waals surface area contributed by atoms with Gasteiger partial charge in [0, 0.05) is 46.7 Å². The van der Waals surface area contributed by atoms with Crippen LogP contribution in [0.1, 0.15) is 22.3 Å². The number of aromatic nitrogens is 1. The van der Waals surface area contributed by atoms with Crippen molar-refractivity contribution in [3.05, 3.63) is 88.0 Å². The molecule has 0 radical (unpaired) electrons. The summed E-state index contributed by atoms with van der Waals surface area (Å²) in [5.41, 5.74) is 1.82. The van der Waals surface area contributed by atoms with E-state index in [9.17, 15) is 14.6 Å². The van der Waals surface area contributed by atoms with Gasteiger partial charge in [-0.15, -0.1) is 0 Å². The Bertz CT molecular complexity index is 926. The van der Waals surface area contributed by atoms with E-state index in [4.69, 9.17) is 11.6 Å². The van der Waals surface area contributed by atoms with Crippen molar-refractivity contribution in [2.75, 3.05) is 0 Å². The number of halogens is 2. The summed E-state index contributed by atoms with van der Waals surface area (Å²) < 4.78 is 14.0. The molecule has 0 aliphatic heterocycles. The van der Waals surface area contributed by atoms with Gasteiger partial charge >= 0.3 is 0 Å². The molecule has 2 N–H and O–H groups in total. The highest BCUT2D eigenvalue weighted by atomic mass is 35.5. The molecule has 3 rings (SSSR count). The van der Waals surface area contributed by atoms with Gasteiger partial charge in [-0.2, -0.15) is 0 Å². The van der Waals surface area contributed by atoms with Gasteiger partial charge in [0.2, 0.25) is 0 Å². The van der Waals surface area contributed by atoms with Gasteiger partial charge < -0.3 is 10.2 Å². The smallest absolute Gasteiger partial charge is 0.131 e. The van der Waals surface area contributed by atoms with Crippen LogP contribution in [0.4, 0.5) is 4.39 Å². The lowest BCUT2D eigenvalue weighted by Gasteiger charge is -2.11. The first kappa shape index (κ1) is 17.9. The SMILES string of the molecule is Oc1ccc(/C=N/Cc2ccncc2)c(O)c1Cc1c(F)cccc1Cl. The van der Waals surface area contributed by atoms with Crippen molar-refractivity contribution in [2.45, 2.75) is 13.0 Å². The van der Waals surface area contributed by atoms with E-state index in [2.05, 4.69) is 9.98 Å². The first-order valence-electron chi connectivity index (χ1n) is 7.91. The molecule has 0 aliphatic carbocycles. The van der Waals surface area contributed by atoms with Crippen LogP contribution in [-0.4, -0.2) is 21.4 Å². The third kappa shape index (κ3) is 4.00. The number of rotatable bonds is 5. The molecule has 0 fully saturated rings. The fourth-order valence-electron chi connectivity index (χ4n) is 2.54. The van der Waals surface area contributed by atoms with Crippen LogP contribution < -0.4 is 0 Å². The molecular weight excluding hydrogens is 355 g/mol. The number of aliphatic imine (C=N–C) groups is 1. The number of hydrogen-bond acceptors (Lipinski definition) is 4. The molecule has 26 heavy (non-hydrogen) atoms. The van der Waals surface area contributed by atoms with Crippen LogP contribution in [0, 0.1) is 5.82 Å². The average molecular weight is 371 g/mol. The van der Waals surface area contributed by atoms with Crippen LogP contribution in [0.5, 0.6) is 11.5 Å². The number of aromatic hydroxyl groups is 2. The van der Waals surface area contributed by atoms with E-state index in [0.717, 1.165) is 5.56 Å². The molecule has 0 amide bonds. The van der Waals surface area contributed by atoms with E-state index in [1.807, 2.05) is 12.1 Å². The summed E-state index contributed by atoms with van der Waals surface area (Å²) in [7, 11) is 0. The number of pyridine rings is 1. The Labute approximate surface area is 155 Å². The van der Waals surface area contributed by atoms with Gasteiger partial charge in [0.05, 0.1) is 6.54 Å². The molecule has 6 heteroatoms. The van der Waals surface area contributed by atoms with E-state index in [1.54, 1.807) is 24.5 Å². The molecule has 1 heterocycles. The fourth-order valence-corrected chi connectivity index (χ4v) is 2.77. The van der Waals surface area contributed by atoms with Gasteiger partial charge in [0.25, 0.3) is 0 Å². The summed E-state index contributed by atoms with van der Waals surface area (Å²) in [6.45, 7) is 0.428. The molecular formula is C20H16ClFN2O2. The lowest BCUT2D eigenvalue weighted by molar-refractivity contribution is 0.439. The zero-order valence-corrected chi connectivity index (χ0v) is 14.5. The second-order valence-corrected chi connectivity index (χ2v) is 6.11. The predicted molar refractivity (Wildman–Crippen MR) is 99.5 cm³/mol. The average Bonchev–Trinajstić information content (AvgIpc) is 2.63. The van der Waals surface area contributed by atoms with Crippen LogP contribution in [0.25, 0.3) is 0 Å². The van der Waals surface area contributed by atoms with Crippen LogP contribution in [0.3, 0.4) is 0 Å². The van der Waals surface area contributed by atoms with Gasteiger partial charge in [0.15, 0.2) is 0 Å². The monoisotopic (exact) mass is 370 g/mol. The van der Waals surface area contributed by atoms with Crippen LogP contribution >= 0.6 is 11.6 Å². The third-order valence-corrected chi connectivity index (χ3v) is 4.31. The minimum Gasteiger partial charge on any atom is -0.508 e. The zero-order chi connectivity index (χ0) is 18.5. The Balaban J connectivity index is 1.87. The Morgan fingerprint density at radius 1 is 1.04 bits per heavy atom. The van der Waals surface area contributed by atoms with Crippen molar-refractivity contribution in [1.82, 2.24) is 4.98 Å². The first-order chi connectivity index (χ1) is 12.6. The summed E-state index contributed by atoms with van der Waals surface area (Å²) in [6, 6.07) is 11.0. The van der Waals surface area contributed by atoms with E-state index >= 15 is 0 Å². The van der Waals surface area contributed by atoms with Crippen LogP contribution in [0.15, 0.2) is 59.9 Å². The van der Waals surface area contributed by atoms with Gasteiger partial charge in [0.1, 0.15) is 17.3 Å².